The third-order valence-corrected chi connectivity index (χ3v) is 7.84. The molecule has 1 heterocycles. The SMILES string of the molecule is COC(=O)C(C(C)C)N(c1ccc(-c2ccc(NC(=O)c3oc4cccc(N(C)C(C)=O)c4c3C)cc2)cc1)S(=O)O. The van der Waals surface area contributed by atoms with Crippen molar-refractivity contribution in [1.29, 1.82) is 0 Å². The van der Waals surface area contributed by atoms with Crippen LogP contribution < -0.4 is 14.5 Å². The largest absolute Gasteiger partial charge is 0.467 e. The fourth-order valence-electron chi connectivity index (χ4n) is 4.79. The molecule has 42 heavy (non-hydrogen) atoms. The van der Waals surface area contributed by atoms with Gasteiger partial charge in [-0.1, -0.05) is 44.2 Å². The van der Waals surface area contributed by atoms with Crippen molar-refractivity contribution in [2.24, 2.45) is 5.92 Å². The van der Waals surface area contributed by atoms with Crippen molar-refractivity contribution in [3.63, 3.8) is 0 Å². The van der Waals surface area contributed by atoms with E-state index in [0.717, 1.165) is 15.4 Å². The van der Waals surface area contributed by atoms with E-state index in [1.165, 1.54) is 18.9 Å². The van der Waals surface area contributed by atoms with E-state index in [-0.39, 0.29) is 17.6 Å². The van der Waals surface area contributed by atoms with E-state index in [9.17, 15) is 23.1 Å². The summed E-state index contributed by atoms with van der Waals surface area (Å²) in [5, 5.41) is 3.56. The quantitative estimate of drug-likeness (QED) is 0.186. The third kappa shape index (κ3) is 6.07. The lowest BCUT2D eigenvalue weighted by atomic mass is 10.0. The maximum absolute atomic E-state index is 13.1. The molecule has 2 unspecified atom stereocenters. The number of hydrogen-bond donors (Lipinski definition) is 2. The Kier molecular flexibility index (Phi) is 9.13. The molecule has 0 radical (unpaired) electrons. The number of carbonyl (C=O) groups excluding carboxylic acids is 3. The van der Waals surface area contributed by atoms with Crippen molar-refractivity contribution < 1.29 is 32.3 Å². The number of carbonyl (C=O) groups is 3. The summed E-state index contributed by atoms with van der Waals surface area (Å²) in [6, 6.07) is 18.5. The molecule has 0 aliphatic heterocycles. The van der Waals surface area contributed by atoms with Gasteiger partial charge in [-0.2, -0.15) is 0 Å². The Morgan fingerprint density at radius 1 is 0.976 bits per heavy atom. The van der Waals surface area contributed by atoms with Crippen LogP contribution in [0.3, 0.4) is 0 Å². The number of aryl methyl sites for hydroxylation is 1. The Balaban J connectivity index is 1.53. The van der Waals surface area contributed by atoms with Crippen molar-refractivity contribution in [3.8, 4) is 11.1 Å². The summed E-state index contributed by atoms with van der Waals surface area (Å²) in [6.07, 6.45) is 0. The highest BCUT2D eigenvalue weighted by Gasteiger charge is 2.34. The van der Waals surface area contributed by atoms with Crippen LogP contribution in [0.25, 0.3) is 22.1 Å². The number of rotatable bonds is 9. The summed E-state index contributed by atoms with van der Waals surface area (Å²) >= 11 is -2.45. The van der Waals surface area contributed by atoms with Crippen LogP contribution in [-0.4, -0.2) is 46.7 Å². The van der Waals surface area contributed by atoms with Gasteiger partial charge in [0.25, 0.3) is 17.2 Å². The lowest BCUT2D eigenvalue weighted by Crippen LogP contribution is -2.46. The van der Waals surface area contributed by atoms with Crippen LogP contribution in [0.1, 0.15) is 36.9 Å². The number of methoxy groups -OCH3 is 1. The first kappa shape index (κ1) is 30.5. The van der Waals surface area contributed by atoms with Crippen molar-refractivity contribution in [1.82, 2.24) is 0 Å². The minimum Gasteiger partial charge on any atom is -0.467 e. The van der Waals surface area contributed by atoms with Gasteiger partial charge in [0.15, 0.2) is 5.76 Å². The lowest BCUT2D eigenvalue weighted by Gasteiger charge is -2.30. The monoisotopic (exact) mass is 591 g/mol. The third-order valence-electron chi connectivity index (χ3n) is 7.06. The van der Waals surface area contributed by atoms with Crippen LogP contribution in [0.5, 0.6) is 0 Å². The Morgan fingerprint density at radius 3 is 2.10 bits per heavy atom. The molecule has 1 aromatic heterocycles. The average molecular weight is 592 g/mol. The van der Waals surface area contributed by atoms with E-state index in [1.807, 2.05) is 18.2 Å². The molecule has 3 aromatic carbocycles. The van der Waals surface area contributed by atoms with E-state index in [0.29, 0.717) is 33.6 Å². The summed E-state index contributed by atoms with van der Waals surface area (Å²) in [5.74, 6) is -1.27. The highest BCUT2D eigenvalue weighted by Crippen LogP contribution is 2.34. The van der Waals surface area contributed by atoms with Crippen molar-refractivity contribution in [2.75, 3.05) is 28.7 Å². The normalized spacial score (nSPS) is 12.6. The van der Waals surface area contributed by atoms with Crippen LogP contribution in [0.2, 0.25) is 0 Å². The molecule has 220 valence electrons. The number of amides is 2. The molecule has 0 aliphatic rings. The molecule has 0 spiro atoms. The van der Waals surface area contributed by atoms with Crippen molar-refractivity contribution >= 4 is 57.1 Å². The zero-order chi connectivity index (χ0) is 30.7. The maximum Gasteiger partial charge on any atom is 0.329 e. The van der Waals surface area contributed by atoms with Gasteiger partial charge < -0.3 is 19.4 Å². The van der Waals surface area contributed by atoms with Gasteiger partial charge in [0, 0.05) is 30.6 Å². The predicted octanol–water partition coefficient (Wildman–Crippen LogP) is 5.78. The Bertz CT molecular complexity index is 1650. The number of benzene rings is 3. The summed E-state index contributed by atoms with van der Waals surface area (Å²) in [6.45, 7) is 6.80. The van der Waals surface area contributed by atoms with Crippen molar-refractivity contribution in [2.45, 2.75) is 33.7 Å². The first-order valence-corrected chi connectivity index (χ1v) is 14.3. The van der Waals surface area contributed by atoms with Crippen LogP contribution in [0.4, 0.5) is 17.1 Å². The molecular weight excluding hydrogens is 558 g/mol. The number of ether oxygens (including phenoxy) is 1. The highest BCUT2D eigenvalue weighted by molar-refractivity contribution is 7.80. The van der Waals surface area contributed by atoms with Gasteiger partial charge >= 0.3 is 5.97 Å². The first-order chi connectivity index (χ1) is 19.9. The van der Waals surface area contributed by atoms with E-state index in [2.05, 4.69) is 5.32 Å². The molecule has 10 nitrogen and oxygen atoms in total. The van der Waals surface area contributed by atoms with Gasteiger partial charge in [0.1, 0.15) is 11.6 Å². The topological polar surface area (TPSA) is 129 Å². The molecular formula is C31H33N3O7S. The lowest BCUT2D eigenvalue weighted by molar-refractivity contribution is -0.143. The number of hydrogen-bond acceptors (Lipinski definition) is 6. The molecule has 2 amide bonds. The second-order valence-electron chi connectivity index (χ2n) is 10.1. The van der Waals surface area contributed by atoms with E-state index in [4.69, 9.17) is 9.15 Å². The highest BCUT2D eigenvalue weighted by atomic mass is 32.2. The van der Waals surface area contributed by atoms with Crippen LogP contribution >= 0.6 is 0 Å². The maximum atomic E-state index is 13.1. The van der Waals surface area contributed by atoms with Gasteiger partial charge in [-0.15, -0.1) is 0 Å². The van der Waals surface area contributed by atoms with Crippen LogP contribution in [-0.2, 0) is 25.6 Å². The Labute approximate surface area is 246 Å². The van der Waals surface area contributed by atoms with E-state index >= 15 is 0 Å². The molecule has 2 atom stereocenters. The number of nitrogens with one attached hydrogen (secondary N) is 1. The van der Waals surface area contributed by atoms with Gasteiger partial charge in [0.05, 0.1) is 18.5 Å². The van der Waals surface area contributed by atoms with Gasteiger partial charge in [-0.25, -0.2) is 9.00 Å². The number of fused-ring (bicyclic) bond motifs is 1. The number of nitrogens with zero attached hydrogens (tertiary/aromatic N) is 2. The molecule has 0 saturated heterocycles. The molecule has 0 bridgehead atoms. The fourth-order valence-corrected chi connectivity index (χ4v) is 5.62. The fraction of sp³-hybridized carbons (Fsp3) is 0.258. The zero-order valence-electron chi connectivity index (χ0n) is 24.2. The predicted molar refractivity (Wildman–Crippen MR) is 164 cm³/mol. The van der Waals surface area contributed by atoms with E-state index < -0.39 is 29.2 Å². The average Bonchev–Trinajstić information content (AvgIpc) is 3.31. The van der Waals surface area contributed by atoms with Gasteiger partial charge in [0.2, 0.25) is 5.91 Å². The Morgan fingerprint density at radius 2 is 1.57 bits per heavy atom. The molecule has 0 saturated carbocycles. The van der Waals surface area contributed by atoms with E-state index in [1.54, 1.807) is 76.3 Å². The minimum absolute atomic E-state index is 0.134. The molecule has 0 fully saturated rings. The number of anilines is 3. The molecule has 11 heteroatoms. The minimum atomic E-state index is -2.45. The van der Waals surface area contributed by atoms with Gasteiger partial charge in [-0.05, 0) is 60.4 Å². The second kappa shape index (κ2) is 12.6. The number of esters is 1. The smallest absolute Gasteiger partial charge is 0.329 e. The Hall–Kier alpha value is -4.48. The molecule has 4 aromatic rings. The van der Waals surface area contributed by atoms with Crippen LogP contribution in [0, 0.1) is 12.8 Å². The van der Waals surface area contributed by atoms with Crippen molar-refractivity contribution in [3.05, 3.63) is 78.1 Å². The zero-order valence-corrected chi connectivity index (χ0v) is 25.0. The molecule has 0 aliphatic carbocycles. The summed E-state index contributed by atoms with van der Waals surface area (Å²) < 4.78 is 34.0. The first-order valence-electron chi connectivity index (χ1n) is 13.2. The number of furan rings is 1. The molecule has 2 N–H and O–H groups in total. The van der Waals surface area contributed by atoms with Gasteiger partial charge in [-0.3, -0.25) is 18.4 Å². The summed E-state index contributed by atoms with van der Waals surface area (Å²) in [5.41, 5.74) is 4.43. The molecule has 4 rings (SSSR count). The summed E-state index contributed by atoms with van der Waals surface area (Å²) in [4.78, 5) is 38.9. The van der Waals surface area contributed by atoms with Crippen LogP contribution in [0.15, 0.2) is 71.1 Å². The summed E-state index contributed by atoms with van der Waals surface area (Å²) in [7, 11) is 2.92. The second-order valence-corrected chi connectivity index (χ2v) is 11.0. The standard InChI is InChI=1S/C31H33N3O7S/c1-18(2)28(31(37)40-6)34(42(38)39)24-16-12-22(13-17-24)21-10-14-23(15-11-21)32-30(36)29-19(3)27-25(33(5)20(4)35)8-7-9-26(27)41-29/h7-18,28H,1-6H3,(H,32,36)(H,38,39).